The molecule has 2 fully saturated rings. The molecule has 1 saturated heterocycles. The molecule has 1 aliphatic carbocycles. The van der Waals surface area contributed by atoms with Gasteiger partial charge in [-0.05, 0) is 44.4 Å². The van der Waals surface area contributed by atoms with Crippen LogP contribution in [-0.2, 0) is 4.74 Å². The normalized spacial score (nSPS) is 31.6. The third kappa shape index (κ3) is 3.06. The standard InChI is InChI=1S/C18H35NO/c1-15(2,3)13-14(16(4,5)6)20-18(10-11-18)12-19(13)17(7,8)9/h13-14H,10-12H2,1-9H3. The molecule has 2 unspecified atom stereocenters. The number of nitrogens with zero attached hydrogens (tertiary/aromatic N) is 1. The molecule has 2 heteroatoms. The molecular formula is C18H35NO. The van der Waals surface area contributed by atoms with Crippen LogP contribution in [-0.4, -0.2) is 34.7 Å². The minimum Gasteiger partial charge on any atom is -0.368 e. The predicted octanol–water partition coefficient (Wildman–Crippen LogP) is 4.48. The van der Waals surface area contributed by atoms with Crippen LogP contribution in [0, 0.1) is 10.8 Å². The van der Waals surface area contributed by atoms with Gasteiger partial charge in [0, 0.05) is 18.1 Å². The molecule has 0 aromatic carbocycles. The van der Waals surface area contributed by atoms with Gasteiger partial charge in [-0.25, -0.2) is 0 Å². The van der Waals surface area contributed by atoms with Crippen LogP contribution in [0.15, 0.2) is 0 Å². The van der Waals surface area contributed by atoms with Gasteiger partial charge in [-0.2, -0.15) is 0 Å². The fraction of sp³-hybridized carbons (Fsp3) is 1.00. The number of hydrogen-bond donors (Lipinski definition) is 0. The number of ether oxygens (including phenoxy) is 1. The van der Waals surface area contributed by atoms with Gasteiger partial charge in [0.15, 0.2) is 0 Å². The quantitative estimate of drug-likeness (QED) is 0.649. The Balaban J connectivity index is 2.42. The smallest absolute Gasteiger partial charge is 0.0816 e. The van der Waals surface area contributed by atoms with Crippen LogP contribution in [0.25, 0.3) is 0 Å². The lowest BCUT2D eigenvalue weighted by Gasteiger charge is -2.58. The first-order chi connectivity index (χ1) is 8.76. The molecular weight excluding hydrogens is 246 g/mol. The van der Waals surface area contributed by atoms with E-state index < -0.39 is 0 Å². The van der Waals surface area contributed by atoms with Gasteiger partial charge in [-0.1, -0.05) is 41.5 Å². The van der Waals surface area contributed by atoms with Crippen molar-refractivity contribution in [3.05, 3.63) is 0 Å². The SMILES string of the molecule is CC(C)(C)C1OC2(CC2)CN(C(C)(C)C)C1C(C)(C)C. The molecule has 1 spiro atoms. The van der Waals surface area contributed by atoms with Crippen molar-refractivity contribution in [3.8, 4) is 0 Å². The van der Waals surface area contributed by atoms with Gasteiger partial charge in [0.05, 0.1) is 11.7 Å². The maximum atomic E-state index is 6.67. The summed E-state index contributed by atoms with van der Waals surface area (Å²) in [5, 5.41) is 0. The summed E-state index contributed by atoms with van der Waals surface area (Å²) in [4.78, 5) is 2.74. The lowest BCUT2D eigenvalue weighted by atomic mass is 9.71. The van der Waals surface area contributed by atoms with Gasteiger partial charge in [0.2, 0.25) is 0 Å². The van der Waals surface area contributed by atoms with Crippen molar-refractivity contribution in [1.29, 1.82) is 0 Å². The van der Waals surface area contributed by atoms with Crippen molar-refractivity contribution in [2.75, 3.05) is 6.54 Å². The predicted molar refractivity (Wildman–Crippen MR) is 86.0 cm³/mol. The molecule has 0 radical (unpaired) electrons. The number of rotatable bonds is 0. The number of morpholine rings is 1. The summed E-state index contributed by atoms with van der Waals surface area (Å²) >= 11 is 0. The van der Waals surface area contributed by atoms with E-state index in [1.165, 1.54) is 12.8 Å². The first kappa shape index (κ1) is 16.3. The van der Waals surface area contributed by atoms with Crippen LogP contribution in [0.5, 0.6) is 0 Å². The zero-order chi connectivity index (χ0) is 15.6. The fourth-order valence-electron chi connectivity index (χ4n) is 3.59. The summed E-state index contributed by atoms with van der Waals surface area (Å²) in [5.74, 6) is 0. The Morgan fingerprint density at radius 3 is 1.65 bits per heavy atom. The van der Waals surface area contributed by atoms with Crippen LogP contribution in [0.4, 0.5) is 0 Å². The maximum absolute atomic E-state index is 6.67. The molecule has 2 atom stereocenters. The molecule has 118 valence electrons. The van der Waals surface area contributed by atoms with Crippen LogP contribution in [0.1, 0.15) is 75.2 Å². The highest BCUT2D eigenvalue weighted by atomic mass is 16.5. The lowest BCUT2D eigenvalue weighted by molar-refractivity contribution is -0.211. The molecule has 0 aromatic heterocycles. The molecule has 1 heterocycles. The molecule has 2 rings (SSSR count). The molecule has 0 bridgehead atoms. The van der Waals surface area contributed by atoms with Crippen molar-refractivity contribution in [3.63, 3.8) is 0 Å². The maximum Gasteiger partial charge on any atom is 0.0816 e. The topological polar surface area (TPSA) is 12.5 Å². The third-order valence-electron chi connectivity index (χ3n) is 4.87. The van der Waals surface area contributed by atoms with E-state index in [0.717, 1.165) is 6.54 Å². The highest BCUT2D eigenvalue weighted by molar-refractivity contribution is 5.11. The molecule has 0 N–H and O–H groups in total. The Hall–Kier alpha value is -0.0800. The summed E-state index contributed by atoms with van der Waals surface area (Å²) < 4.78 is 6.67. The van der Waals surface area contributed by atoms with Crippen molar-refractivity contribution < 1.29 is 4.74 Å². The Labute approximate surface area is 126 Å². The summed E-state index contributed by atoms with van der Waals surface area (Å²) in [6.07, 6.45) is 2.78. The average molecular weight is 281 g/mol. The molecule has 1 saturated carbocycles. The molecule has 20 heavy (non-hydrogen) atoms. The van der Waals surface area contributed by atoms with E-state index in [2.05, 4.69) is 67.2 Å². The highest BCUT2D eigenvalue weighted by Gasteiger charge is 2.59. The Morgan fingerprint density at radius 2 is 1.35 bits per heavy atom. The first-order valence-corrected chi connectivity index (χ1v) is 8.21. The second-order valence-electron chi connectivity index (χ2n) is 10.2. The number of hydrogen-bond acceptors (Lipinski definition) is 2. The average Bonchev–Trinajstić information content (AvgIpc) is 2.92. The molecule has 1 aliphatic heterocycles. The van der Waals surface area contributed by atoms with Gasteiger partial charge in [-0.3, -0.25) is 4.90 Å². The van der Waals surface area contributed by atoms with Crippen LogP contribution in [0.3, 0.4) is 0 Å². The molecule has 2 aliphatic rings. The van der Waals surface area contributed by atoms with E-state index in [-0.39, 0.29) is 22.0 Å². The van der Waals surface area contributed by atoms with Crippen molar-refractivity contribution >= 4 is 0 Å². The molecule has 2 nitrogen and oxygen atoms in total. The zero-order valence-corrected chi connectivity index (χ0v) is 15.1. The molecule has 0 aromatic rings. The van der Waals surface area contributed by atoms with E-state index in [4.69, 9.17) is 4.74 Å². The van der Waals surface area contributed by atoms with Crippen LogP contribution in [0.2, 0.25) is 0 Å². The van der Waals surface area contributed by atoms with Crippen LogP contribution >= 0.6 is 0 Å². The van der Waals surface area contributed by atoms with Gasteiger partial charge in [-0.15, -0.1) is 0 Å². The van der Waals surface area contributed by atoms with Crippen molar-refractivity contribution in [2.45, 2.75) is 98.4 Å². The van der Waals surface area contributed by atoms with E-state index in [9.17, 15) is 0 Å². The summed E-state index contributed by atoms with van der Waals surface area (Å²) in [6, 6.07) is 0.466. The van der Waals surface area contributed by atoms with Crippen molar-refractivity contribution in [1.82, 2.24) is 4.90 Å². The third-order valence-corrected chi connectivity index (χ3v) is 4.87. The lowest BCUT2D eigenvalue weighted by Crippen LogP contribution is -2.68. The van der Waals surface area contributed by atoms with Crippen LogP contribution < -0.4 is 0 Å². The Morgan fingerprint density at radius 1 is 0.850 bits per heavy atom. The largest absolute Gasteiger partial charge is 0.368 e. The Bertz CT molecular complexity index is 336. The minimum absolute atomic E-state index is 0.160. The van der Waals surface area contributed by atoms with E-state index >= 15 is 0 Å². The summed E-state index contributed by atoms with van der Waals surface area (Å²) in [6.45, 7) is 22.3. The zero-order valence-electron chi connectivity index (χ0n) is 15.1. The van der Waals surface area contributed by atoms with E-state index in [1.807, 2.05) is 0 Å². The summed E-state index contributed by atoms with van der Waals surface area (Å²) in [7, 11) is 0. The second kappa shape index (κ2) is 4.46. The Kier molecular flexibility index (Phi) is 3.63. The summed E-state index contributed by atoms with van der Waals surface area (Å²) in [5.41, 5.74) is 0.757. The first-order valence-electron chi connectivity index (χ1n) is 8.21. The monoisotopic (exact) mass is 281 g/mol. The van der Waals surface area contributed by atoms with E-state index in [0.29, 0.717) is 12.1 Å². The second-order valence-corrected chi connectivity index (χ2v) is 10.2. The minimum atomic E-state index is 0.160. The van der Waals surface area contributed by atoms with Gasteiger partial charge < -0.3 is 4.74 Å². The van der Waals surface area contributed by atoms with Gasteiger partial charge in [0.1, 0.15) is 0 Å². The van der Waals surface area contributed by atoms with Gasteiger partial charge >= 0.3 is 0 Å². The molecule has 0 amide bonds. The highest BCUT2D eigenvalue weighted by Crippen LogP contribution is 2.52. The van der Waals surface area contributed by atoms with E-state index in [1.54, 1.807) is 0 Å². The fourth-order valence-corrected chi connectivity index (χ4v) is 3.59. The van der Waals surface area contributed by atoms with Crippen molar-refractivity contribution in [2.24, 2.45) is 10.8 Å². The van der Waals surface area contributed by atoms with Gasteiger partial charge in [0.25, 0.3) is 0 Å².